The van der Waals surface area contributed by atoms with Gasteiger partial charge in [0.2, 0.25) is 5.95 Å². The van der Waals surface area contributed by atoms with Gasteiger partial charge in [0.15, 0.2) is 0 Å². The lowest BCUT2D eigenvalue weighted by Gasteiger charge is -2.29. The lowest BCUT2D eigenvalue weighted by molar-refractivity contribution is 0.0980. The Morgan fingerprint density at radius 3 is 2.92 bits per heavy atom. The fourth-order valence-electron chi connectivity index (χ4n) is 3.22. The van der Waals surface area contributed by atoms with E-state index in [2.05, 4.69) is 28.3 Å². The van der Waals surface area contributed by atoms with Gasteiger partial charge in [-0.05, 0) is 43.9 Å². The van der Waals surface area contributed by atoms with Crippen LogP contribution in [0.4, 0.5) is 11.6 Å². The Morgan fingerprint density at radius 1 is 1.24 bits per heavy atom. The second-order valence-corrected chi connectivity index (χ2v) is 6.54. The average molecular weight is 338 g/mol. The van der Waals surface area contributed by atoms with Crippen molar-refractivity contribution in [1.29, 1.82) is 0 Å². The molecule has 1 amide bonds. The number of hydrogen-bond donors (Lipinski definition) is 1. The Kier molecular flexibility index (Phi) is 5.64. The van der Waals surface area contributed by atoms with Crippen molar-refractivity contribution >= 4 is 17.5 Å². The van der Waals surface area contributed by atoms with Gasteiger partial charge in [-0.15, -0.1) is 0 Å². The number of nitrogens with zero attached hydrogens (tertiary/aromatic N) is 3. The zero-order valence-corrected chi connectivity index (χ0v) is 15.1. The number of hydrogen-bond acceptors (Lipinski definition) is 4. The van der Waals surface area contributed by atoms with Gasteiger partial charge in [0, 0.05) is 24.5 Å². The van der Waals surface area contributed by atoms with Crippen LogP contribution in [0.15, 0.2) is 30.3 Å². The molecule has 3 rings (SSSR count). The molecule has 0 spiro atoms. The highest BCUT2D eigenvalue weighted by atomic mass is 16.2. The molecule has 0 atom stereocenters. The van der Waals surface area contributed by atoms with E-state index >= 15 is 0 Å². The van der Waals surface area contributed by atoms with Crippen molar-refractivity contribution in [2.75, 3.05) is 23.3 Å². The summed E-state index contributed by atoms with van der Waals surface area (Å²) in [7, 11) is 0. The Bertz CT molecular complexity index is 744. The minimum Gasteiger partial charge on any atom is -0.354 e. The average Bonchev–Trinajstić information content (AvgIpc) is 2.64. The van der Waals surface area contributed by atoms with Crippen LogP contribution in [0.5, 0.6) is 0 Å². The smallest absolute Gasteiger partial charge is 0.277 e. The molecule has 1 aliphatic rings. The Labute approximate surface area is 149 Å². The molecule has 25 heavy (non-hydrogen) atoms. The number of unbranched alkanes of at least 4 members (excludes halogenated alkanes) is 2. The molecule has 2 heterocycles. The maximum absolute atomic E-state index is 13.1. The molecule has 0 saturated heterocycles. The van der Waals surface area contributed by atoms with Crippen LogP contribution in [-0.2, 0) is 6.42 Å². The lowest BCUT2D eigenvalue weighted by Crippen LogP contribution is -2.36. The van der Waals surface area contributed by atoms with Crippen LogP contribution in [0.1, 0.15) is 54.4 Å². The summed E-state index contributed by atoms with van der Waals surface area (Å²) in [4.78, 5) is 23.8. The van der Waals surface area contributed by atoms with E-state index in [0.29, 0.717) is 11.6 Å². The number of aryl methyl sites for hydroxylation is 2. The van der Waals surface area contributed by atoms with E-state index in [1.54, 1.807) is 6.07 Å². The number of anilines is 2. The van der Waals surface area contributed by atoms with Crippen molar-refractivity contribution < 1.29 is 4.79 Å². The number of para-hydroxylation sites is 1. The van der Waals surface area contributed by atoms with Crippen molar-refractivity contribution in [1.82, 2.24) is 9.97 Å². The first-order valence-corrected chi connectivity index (χ1v) is 9.18. The van der Waals surface area contributed by atoms with Crippen LogP contribution in [0.2, 0.25) is 0 Å². The minimum absolute atomic E-state index is 0.0470. The molecule has 1 aromatic heterocycles. The molecule has 1 aliphatic heterocycles. The van der Waals surface area contributed by atoms with E-state index in [-0.39, 0.29) is 5.91 Å². The second-order valence-electron chi connectivity index (χ2n) is 6.54. The van der Waals surface area contributed by atoms with E-state index in [4.69, 9.17) is 0 Å². The molecule has 0 radical (unpaired) electrons. The summed E-state index contributed by atoms with van der Waals surface area (Å²) < 4.78 is 0. The molecule has 0 unspecified atom stereocenters. The van der Waals surface area contributed by atoms with E-state index < -0.39 is 0 Å². The van der Waals surface area contributed by atoms with Crippen molar-refractivity contribution in [3.8, 4) is 0 Å². The monoisotopic (exact) mass is 338 g/mol. The molecule has 1 N–H and O–H groups in total. The van der Waals surface area contributed by atoms with Crippen molar-refractivity contribution in [3.05, 3.63) is 47.3 Å². The number of nitrogens with one attached hydrogen (secondary N) is 1. The number of aromatic nitrogens is 2. The third-order valence-electron chi connectivity index (χ3n) is 4.49. The number of benzene rings is 1. The first-order chi connectivity index (χ1) is 12.2. The highest BCUT2D eigenvalue weighted by Crippen LogP contribution is 2.28. The predicted octanol–water partition coefficient (Wildman–Crippen LogP) is 3.98. The summed E-state index contributed by atoms with van der Waals surface area (Å²) in [5, 5.41) is 3.24. The highest BCUT2D eigenvalue weighted by molar-refractivity contribution is 6.05. The summed E-state index contributed by atoms with van der Waals surface area (Å²) in [5.41, 5.74) is 3.50. The molecule has 0 bridgehead atoms. The fraction of sp³-hybridized carbons (Fsp3) is 0.450. The number of fused-ring (bicyclic) bond motifs is 1. The van der Waals surface area contributed by atoms with Gasteiger partial charge in [-0.2, -0.15) is 0 Å². The zero-order valence-electron chi connectivity index (χ0n) is 15.1. The third kappa shape index (κ3) is 4.16. The van der Waals surface area contributed by atoms with Crippen molar-refractivity contribution in [3.63, 3.8) is 0 Å². The first kappa shape index (κ1) is 17.4. The Balaban J connectivity index is 1.79. The normalized spacial score (nSPS) is 13.4. The topological polar surface area (TPSA) is 58.1 Å². The molecule has 132 valence electrons. The van der Waals surface area contributed by atoms with Gasteiger partial charge in [0.1, 0.15) is 5.69 Å². The molecule has 1 aromatic carbocycles. The van der Waals surface area contributed by atoms with Crippen LogP contribution >= 0.6 is 0 Å². The molecular weight excluding hydrogens is 312 g/mol. The molecule has 5 heteroatoms. The van der Waals surface area contributed by atoms with Gasteiger partial charge in [0.25, 0.3) is 5.91 Å². The quantitative estimate of drug-likeness (QED) is 0.810. The predicted molar refractivity (Wildman–Crippen MR) is 101 cm³/mol. The standard InChI is InChI=1S/C20H26N4O/c1-3-4-7-12-21-20-22-15(2)14-17(23-20)19(25)24-13-8-10-16-9-5-6-11-18(16)24/h5-6,9,11,14H,3-4,7-8,10,12-13H2,1-2H3,(H,21,22,23). The van der Waals surface area contributed by atoms with Gasteiger partial charge < -0.3 is 10.2 Å². The molecule has 5 nitrogen and oxygen atoms in total. The Morgan fingerprint density at radius 2 is 2.08 bits per heavy atom. The van der Waals surface area contributed by atoms with E-state index in [1.807, 2.05) is 30.0 Å². The number of carbonyl (C=O) groups excluding carboxylic acids is 1. The summed E-state index contributed by atoms with van der Waals surface area (Å²) >= 11 is 0. The number of amides is 1. The summed E-state index contributed by atoms with van der Waals surface area (Å²) in [6.07, 6.45) is 5.43. The largest absolute Gasteiger partial charge is 0.354 e. The number of carbonyl (C=O) groups is 1. The van der Waals surface area contributed by atoms with Crippen molar-refractivity contribution in [2.24, 2.45) is 0 Å². The van der Waals surface area contributed by atoms with Crippen LogP contribution < -0.4 is 10.2 Å². The third-order valence-corrected chi connectivity index (χ3v) is 4.49. The van der Waals surface area contributed by atoms with Gasteiger partial charge in [-0.1, -0.05) is 38.0 Å². The maximum Gasteiger partial charge on any atom is 0.277 e. The van der Waals surface area contributed by atoms with Gasteiger partial charge in [-0.25, -0.2) is 9.97 Å². The number of rotatable bonds is 6. The lowest BCUT2D eigenvalue weighted by atomic mass is 10.0. The van der Waals surface area contributed by atoms with Crippen LogP contribution in [-0.4, -0.2) is 29.0 Å². The molecular formula is C20H26N4O. The SMILES string of the molecule is CCCCCNc1nc(C)cc(C(=O)N2CCCc3ccccc32)n1. The first-order valence-electron chi connectivity index (χ1n) is 9.18. The summed E-state index contributed by atoms with van der Waals surface area (Å²) in [5.74, 6) is 0.499. The maximum atomic E-state index is 13.1. The van der Waals surface area contributed by atoms with E-state index in [9.17, 15) is 4.79 Å². The van der Waals surface area contributed by atoms with Gasteiger partial charge >= 0.3 is 0 Å². The minimum atomic E-state index is -0.0470. The van der Waals surface area contributed by atoms with E-state index in [1.165, 1.54) is 18.4 Å². The second kappa shape index (κ2) is 8.10. The van der Waals surface area contributed by atoms with Crippen LogP contribution in [0, 0.1) is 6.92 Å². The van der Waals surface area contributed by atoms with Gasteiger partial charge in [0.05, 0.1) is 0 Å². The summed E-state index contributed by atoms with van der Waals surface area (Å²) in [6.45, 7) is 5.64. The molecule has 2 aromatic rings. The summed E-state index contributed by atoms with van der Waals surface area (Å²) in [6, 6.07) is 9.90. The Hall–Kier alpha value is -2.43. The van der Waals surface area contributed by atoms with Gasteiger partial charge in [-0.3, -0.25) is 4.79 Å². The molecule has 0 saturated carbocycles. The van der Waals surface area contributed by atoms with E-state index in [0.717, 1.165) is 43.7 Å². The molecule has 0 fully saturated rings. The van der Waals surface area contributed by atoms with Crippen LogP contribution in [0.25, 0.3) is 0 Å². The van der Waals surface area contributed by atoms with Crippen molar-refractivity contribution in [2.45, 2.75) is 46.0 Å². The zero-order chi connectivity index (χ0) is 17.6. The highest BCUT2D eigenvalue weighted by Gasteiger charge is 2.24. The van der Waals surface area contributed by atoms with Crippen LogP contribution in [0.3, 0.4) is 0 Å². The molecule has 0 aliphatic carbocycles. The fourth-order valence-corrected chi connectivity index (χ4v) is 3.22.